The van der Waals surface area contributed by atoms with Crippen LogP contribution in [0.15, 0.2) is 22.7 Å². The zero-order valence-corrected chi connectivity index (χ0v) is 11.0. The molecule has 0 spiro atoms. The lowest BCUT2D eigenvalue weighted by Crippen LogP contribution is -2.48. The van der Waals surface area contributed by atoms with Crippen molar-refractivity contribution in [1.29, 1.82) is 0 Å². The van der Waals surface area contributed by atoms with Gasteiger partial charge >= 0.3 is 0 Å². The maximum absolute atomic E-state index is 13.0. The van der Waals surface area contributed by atoms with Crippen LogP contribution >= 0.6 is 15.9 Å². The van der Waals surface area contributed by atoms with Gasteiger partial charge in [0.1, 0.15) is 5.82 Å². The van der Waals surface area contributed by atoms with Crippen LogP contribution in [0.1, 0.15) is 17.3 Å². The highest BCUT2D eigenvalue weighted by molar-refractivity contribution is 9.10. The Balaban J connectivity index is 2.01. The molecule has 1 aromatic carbocycles. The summed E-state index contributed by atoms with van der Waals surface area (Å²) in [5, 5.41) is 2.79. The first kappa shape index (κ1) is 12.5. The van der Waals surface area contributed by atoms with E-state index in [1.54, 1.807) is 0 Å². The highest BCUT2D eigenvalue weighted by atomic mass is 79.9. The predicted molar refractivity (Wildman–Crippen MR) is 65.4 cm³/mol. The second kappa shape index (κ2) is 4.74. The summed E-state index contributed by atoms with van der Waals surface area (Å²) in [6.07, 6.45) is 0. The van der Waals surface area contributed by atoms with Crippen LogP contribution < -0.4 is 5.32 Å². The zero-order chi connectivity index (χ0) is 12.5. The highest BCUT2D eigenvalue weighted by Crippen LogP contribution is 2.25. The second-order valence-electron chi connectivity index (χ2n) is 4.61. The molecule has 1 amide bonds. The number of nitrogens with one attached hydrogen (secondary N) is 1. The minimum Gasteiger partial charge on any atom is -0.380 e. The molecule has 1 aromatic rings. The van der Waals surface area contributed by atoms with Gasteiger partial charge in [0, 0.05) is 16.4 Å². The Labute approximate surface area is 107 Å². The van der Waals surface area contributed by atoms with Gasteiger partial charge in [-0.1, -0.05) is 6.92 Å². The van der Waals surface area contributed by atoms with Crippen molar-refractivity contribution >= 4 is 21.8 Å². The Kier molecular flexibility index (Phi) is 3.49. The molecule has 1 fully saturated rings. The van der Waals surface area contributed by atoms with Crippen LogP contribution in [-0.4, -0.2) is 25.7 Å². The van der Waals surface area contributed by atoms with Gasteiger partial charge in [0.05, 0.1) is 18.8 Å². The van der Waals surface area contributed by atoms with E-state index in [1.807, 2.05) is 6.92 Å². The second-order valence-corrected chi connectivity index (χ2v) is 5.46. The lowest BCUT2D eigenvalue weighted by Gasteiger charge is -2.38. The van der Waals surface area contributed by atoms with E-state index in [2.05, 4.69) is 21.2 Å². The number of carbonyl (C=O) groups excluding carboxylic acids is 1. The molecule has 1 aliphatic rings. The molecule has 0 radical (unpaired) electrons. The summed E-state index contributed by atoms with van der Waals surface area (Å²) in [7, 11) is 0. The number of hydrogen-bond donors (Lipinski definition) is 1. The van der Waals surface area contributed by atoms with Crippen molar-refractivity contribution < 1.29 is 13.9 Å². The van der Waals surface area contributed by atoms with Crippen molar-refractivity contribution in [3.63, 3.8) is 0 Å². The molecule has 2 rings (SSSR count). The molecule has 0 aromatic heterocycles. The standard InChI is InChI=1S/C12H13BrFNO2/c1-12(6-17-7-12)5-15-11(16)9-4-8(14)2-3-10(9)13/h2-4H,5-7H2,1H3,(H,15,16). The molecule has 0 atom stereocenters. The molecular weight excluding hydrogens is 289 g/mol. The summed E-state index contributed by atoms with van der Waals surface area (Å²) in [6, 6.07) is 4.05. The number of hydrogen-bond acceptors (Lipinski definition) is 2. The molecular formula is C12H13BrFNO2. The first-order valence-corrected chi connectivity index (χ1v) is 6.10. The molecule has 3 nitrogen and oxygen atoms in total. The summed E-state index contributed by atoms with van der Waals surface area (Å²) in [4.78, 5) is 11.9. The number of rotatable bonds is 3. The Morgan fingerprint density at radius 2 is 2.29 bits per heavy atom. The van der Waals surface area contributed by atoms with E-state index in [1.165, 1.54) is 18.2 Å². The van der Waals surface area contributed by atoms with E-state index in [0.29, 0.717) is 29.8 Å². The van der Waals surface area contributed by atoms with Crippen molar-refractivity contribution in [2.75, 3.05) is 19.8 Å². The lowest BCUT2D eigenvalue weighted by molar-refractivity contribution is -0.0978. The van der Waals surface area contributed by atoms with E-state index in [9.17, 15) is 9.18 Å². The van der Waals surface area contributed by atoms with Crippen molar-refractivity contribution in [3.8, 4) is 0 Å². The fourth-order valence-corrected chi connectivity index (χ4v) is 2.04. The monoisotopic (exact) mass is 301 g/mol. The summed E-state index contributed by atoms with van der Waals surface area (Å²) in [5.74, 6) is -0.693. The number of ether oxygens (including phenoxy) is 1. The fourth-order valence-electron chi connectivity index (χ4n) is 1.61. The molecule has 1 heterocycles. The van der Waals surface area contributed by atoms with E-state index in [4.69, 9.17) is 4.74 Å². The Hall–Kier alpha value is -0.940. The first-order valence-electron chi connectivity index (χ1n) is 5.31. The lowest BCUT2D eigenvalue weighted by atomic mass is 9.88. The Bertz CT molecular complexity index is 446. The molecule has 17 heavy (non-hydrogen) atoms. The van der Waals surface area contributed by atoms with Gasteiger partial charge in [-0.15, -0.1) is 0 Å². The number of benzene rings is 1. The summed E-state index contributed by atoms with van der Waals surface area (Å²) in [6.45, 7) is 3.88. The van der Waals surface area contributed by atoms with Crippen molar-refractivity contribution in [3.05, 3.63) is 34.1 Å². The SMILES string of the molecule is CC1(CNC(=O)c2cc(F)ccc2Br)COC1. The van der Waals surface area contributed by atoms with Crippen LogP contribution in [0.4, 0.5) is 4.39 Å². The molecule has 0 unspecified atom stereocenters. The minimum atomic E-state index is -0.420. The quantitative estimate of drug-likeness (QED) is 0.931. The molecule has 0 aliphatic carbocycles. The predicted octanol–water partition coefficient (Wildman–Crippen LogP) is 2.35. The third-order valence-corrected chi connectivity index (χ3v) is 3.44. The summed E-state index contributed by atoms with van der Waals surface area (Å²) in [5.41, 5.74) is 0.323. The van der Waals surface area contributed by atoms with Crippen molar-refractivity contribution in [1.82, 2.24) is 5.32 Å². The molecule has 92 valence electrons. The van der Waals surface area contributed by atoms with E-state index in [-0.39, 0.29) is 11.3 Å². The largest absolute Gasteiger partial charge is 0.380 e. The van der Waals surface area contributed by atoms with Gasteiger partial charge in [-0.25, -0.2) is 4.39 Å². The van der Waals surface area contributed by atoms with Gasteiger partial charge in [-0.05, 0) is 34.1 Å². The van der Waals surface area contributed by atoms with Gasteiger partial charge in [0.2, 0.25) is 0 Å². The normalized spacial score (nSPS) is 17.4. The number of amides is 1. The third-order valence-electron chi connectivity index (χ3n) is 2.75. The minimum absolute atomic E-state index is 0.00939. The average Bonchev–Trinajstić information content (AvgIpc) is 2.26. The van der Waals surface area contributed by atoms with Crippen LogP contribution in [0.3, 0.4) is 0 Å². The number of carbonyl (C=O) groups is 1. The zero-order valence-electron chi connectivity index (χ0n) is 9.43. The van der Waals surface area contributed by atoms with Crippen molar-refractivity contribution in [2.24, 2.45) is 5.41 Å². The number of halogens is 2. The van der Waals surface area contributed by atoms with Gasteiger partial charge in [-0.3, -0.25) is 4.79 Å². The molecule has 1 aliphatic heterocycles. The Morgan fingerprint density at radius 1 is 1.59 bits per heavy atom. The maximum Gasteiger partial charge on any atom is 0.252 e. The van der Waals surface area contributed by atoms with Gasteiger partial charge in [0.25, 0.3) is 5.91 Å². The van der Waals surface area contributed by atoms with Crippen LogP contribution in [0, 0.1) is 11.2 Å². The molecule has 0 saturated carbocycles. The van der Waals surface area contributed by atoms with Crippen LogP contribution in [-0.2, 0) is 4.74 Å². The Morgan fingerprint density at radius 3 is 2.88 bits per heavy atom. The van der Waals surface area contributed by atoms with Gasteiger partial charge in [0.15, 0.2) is 0 Å². The van der Waals surface area contributed by atoms with Gasteiger partial charge < -0.3 is 10.1 Å². The van der Waals surface area contributed by atoms with Crippen LogP contribution in [0.2, 0.25) is 0 Å². The van der Waals surface area contributed by atoms with Crippen molar-refractivity contribution in [2.45, 2.75) is 6.92 Å². The summed E-state index contributed by atoms with van der Waals surface area (Å²) >= 11 is 3.23. The molecule has 0 bridgehead atoms. The topological polar surface area (TPSA) is 38.3 Å². The first-order chi connectivity index (χ1) is 8.00. The van der Waals surface area contributed by atoms with Gasteiger partial charge in [-0.2, -0.15) is 0 Å². The van der Waals surface area contributed by atoms with E-state index >= 15 is 0 Å². The average molecular weight is 302 g/mol. The van der Waals surface area contributed by atoms with Crippen LogP contribution in [0.25, 0.3) is 0 Å². The summed E-state index contributed by atoms with van der Waals surface area (Å²) < 4.78 is 18.7. The highest BCUT2D eigenvalue weighted by Gasteiger charge is 2.33. The third kappa shape index (κ3) is 2.84. The fraction of sp³-hybridized carbons (Fsp3) is 0.417. The molecule has 1 N–H and O–H groups in total. The maximum atomic E-state index is 13.0. The molecule has 1 saturated heterocycles. The van der Waals surface area contributed by atoms with E-state index < -0.39 is 5.82 Å². The van der Waals surface area contributed by atoms with E-state index in [0.717, 1.165) is 0 Å². The van der Waals surface area contributed by atoms with Crippen LogP contribution in [0.5, 0.6) is 0 Å². The smallest absolute Gasteiger partial charge is 0.252 e. The molecule has 5 heteroatoms.